The summed E-state index contributed by atoms with van der Waals surface area (Å²) in [5.74, 6) is 0.934. The number of nitrogens with zero attached hydrogens (tertiary/aromatic N) is 2. The number of rotatable bonds is 3. The van der Waals surface area contributed by atoms with Crippen LogP contribution in [0.1, 0.15) is 43.6 Å². The summed E-state index contributed by atoms with van der Waals surface area (Å²) in [5, 5.41) is 3.37. The van der Waals surface area contributed by atoms with Crippen molar-refractivity contribution < 1.29 is 0 Å². The van der Waals surface area contributed by atoms with Crippen LogP contribution in [0.5, 0.6) is 0 Å². The zero-order valence-electron chi connectivity index (χ0n) is 9.37. The zero-order valence-corrected chi connectivity index (χ0v) is 9.37. The van der Waals surface area contributed by atoms with Crippen LogP contribution in [-0.4, -0.2) is 16.1 Å². The van der Waals surface area contributed by atoms with Crippen molar-refractivity contribution in [3.63, 3.8) is 0 Å². The lowest BCUT2D eigenvalue weighted by molar-refractivity contribution is 0.560. The van der Waals surface area contributed by atoms with Gasteiger partial charge in [-0.25, -0.2) is 4.98 Å². The summed E-state index contributed by atoms with van der Waals surface area (Å²) < 4.78 is 2.45. The van der Waals surface area contributed by atoms with Crippen molar-refractivity contribution in [3.05, 3.63) is 17.7 Å². The molecule has 15 heavy (non-hydrogen) atoms. The number of nitrogens with one attached hydrogen (secondary N) is 1. The predicted octanol–water partition coefficient (Wildman–Crippen LogP) is 1.89. The molecule has 1 aromatic rings. The fourth-order valence-corrected chi connectivity index (χ4v) is 2.80. The number of aromatic nitrogens is 2. The quantitative estimate of drug-likeness (QED) is 0.816. The molecule has 1 aliphatic carbocycles. The molecule has 2 heterocycles. The first kappa shape index (κ1) is 9.40. The highest BCUT2D eigenvalue weighted by atomic mass is 15.1. The highest BCUT2D eigenvalue weighted by molar-refractivity contribution is 5.19. The summed E-state index contributed by atoms with van der Waals surface area (Å²) in [6.07, 6.45) is 7.31. The van der Waals surface area contributed by atoms with Crippen LogP contribution in [0.4, 0.5) is 0 Å². The normalized spacial score (nSPS) is 28.9. The molecule has 0 amide bonds. The molecule has 0 radical (unpaired) electrons. The molecule has 2 unspecified atom stereocenters. The third-order valence-electron chi connectivity index (χ3n) is 3.72. The maximum atomic E-state index is 4.51. The largest absolute Gasteiger partial charge is 0.331 e. The average molecular weight is 205 g/mol. The minimum atomic E-state index is 0.777. The first-order chi connectivity index (χ1) is 7.40. The fourth-order valence-electron chi connectivity index (χ4n) is 2.80. The van der Waals surface area contributed by atoms with Gasteiger partial charge in [0.2, 0.25) is 0 Å². The van der Waals surface area contributed by atoms with E-state index in [9.17, 15) is 0 Å². The van der Waals surface area contributed by atoms with Crippen LogP contribution in [0.15, 0.2) is 6.33 Å². The lowest BCUT2D eigenvalue weighted by atomic mass is 10.2. The molecule has 0 spiro atoms. The minimum absolute atomic E-state index is 0.777. The topological polar surface area (TPSA) is 29.9 Å². The second-order valence-corrected chi connectivity index (χ2v) is 4.82. The smallest absolute Gasteiger partial charge is 0.0954 e. The predicted molar refractivity (Wildman–Crippen MR) is 59.7 cm³/mol. The zero-order chi connectivity index (χ0) is 10.3. The Kier molecular flexibility index (Phi) is 2.28. The van der Waals surface area contributed by atoms with Crippen LogP contribution >= 0.6 is 0 Å². The van der Waals surface area contributed by atoms with E-state index in [1.165, 1.54) is 30.7 Å². The Morgan fingerprint density at radius 2 is 2.53 bits per heavy atom. The molecular weight excluding hydrogens is 186 g/mol. The van der Waals surface area contributed by atoms with Gasteiger partial charge in [0.05, 0.1) is 12.0 Å². The molecule has 82 valence electrons. The van der Waals surface area contributed by atoms with Crippen LogP contribution < -0.4 is 5.32 Å². The van der Waals surface area contributed by atoms with Crippen LogP contribution in [0.2, 0.25) is 0 Å². The van der Waals surface area contributed by atoms with Gasteiger partial charge in [0, 0.05) is 31.2 Å². The van der Waals surface area contributed by atoms with Crippen LogP contribution in [0.3, 0.4) is 0 Å². The Labute approximate surface area is 90.9 Å². The van der Waals surface area contributed by atoms with E-state index in [4.69, 9.17) is 0 Å². The molecule has 3 nitrogen and oxygen atoms in total. The highest BCUT2D eigenvalue weighted by Crippen LogP contribution is 2.47. The van der Waals surface area contributed by atoms with Gasteiger partial charge in [-0.05, 0) is 18.8 Å². The van der Waals surface area contributed by atoms with Crippen molar-refractivity contribution in [2.75, 3.05) is 6.54 Å². The van der Waals surface area contributed by atoms with E-state index in [1.807, 2.05) is 0 Å². The van der Waals surface area contributed by atoms with Gasteiger partial charge in [-0.1, -0.05) is 13.3 Å². The molecule has 2 aliphatic rings. The Balaban J connectivity index is 1.79. The first-order valence-corrected chi connectivity index (χ1v) is 6.15. The van der Waals surface area contributed by atoms with E-state index < -0.39 is 0 Å². The summed E-state index contributed by atoms with van der Waals surface area (Å²) in [5.41, 5.74) is 2.78. The van der Waals surface area contributed by atoms with Gasteiger partial charge in [0.15, 0.2) is 0 Å². The van der Waals surface area contributed by atoms with Gasteiger partial charge in [0.1, 0.15) is 0 Å². The monoisotopic (exact) mass is 205 g/mol. The van der Waals surface area contributed by atoms with E-state index in [-0.39, 0.29) is 0 Å². The van der Waals surface area contributed by atoms with Crippen LogP contribution in [-0.2, 0) is 13.0 Å². The molecule has 3 rings (SSSR count). The van der Waals surface area contributed by atoms with Crippen molar-refractivity contribution in [1.82, 2.24) is 14.9 Å². The Bertz CT molecular complexity index is 356. The first-order valence-electron chi connectivity index (χ1n) is 6.15. The van der Waals surface area contributed by atoms with Crippen molar-refractivity contribution in [1.29, 1.82) is 0 Å². The highest BCUT2D eigenvalue weighted by Gasteiger charge is 2.39. The molecule has 1 fully saturated rings. The SMILES string of the molecule is CCCC1CC1n1cnc2c1CCNC2. The Morgan fingerprint density at radius 3 is 3.40 bits per heavy atom. The molecular formula is C12H19N3. The molecule has 1 aromatic heterocycles. The van der Waals surface area contributed by atoms with Gasteiger partial charge < -0.3 is 9.88 Å². The summed E-state index contributed by atoms with van der Waals surface area (Å²) >= 11 is 0. The fraction of sp³-hybridized carbons (Fsp3) is 0.750. The average Bonchev–Trinajstić information content (AvgIpc) is 2.90. The molecule has 2 atom stereocenters. The van der Waals surface area contributed by atoms with Crippen molar-refractivity contribution in [2.45, 2.75) is 45.2 Å². The minimum Gasteiger partial charge on any atom is -0.331 e. The van der Waals surface area contributed by atoms with Gasteiger partial charge in [-0.2, -0.15) is 0 Å². The maximum Gasteiger partial charge on any atom is 0.0954 e. The van der Waals surface area contributed by atoms with Gasteiger partial charge in [-0.3, -0.25) is 0 Å². The third-order valence-corrected chi connectivity index (χ3v) is 3.72. The lowest BCUT2D eigenvalue weighted by Crippen LogP contribution is -2.25. The second-order valence-electron chi connectivity index (χ2n) is 4.82. The second kappa shape index (κ2) is 3.63. The van der Waals surface area contributed by atoms with Gasteiger partial charge in [-0.15, -0.1) is 0 Å². The number of hydrogen-bond donors (Lipinski definition) is 1. The number of fused-ring (bicyclic) bond motifs is 1. The molecule has 0 saturated heterocycles. The van der Waals surface area contributed by atoms with Crippen LogP contribution in [0.25, 0.3) is 0 Å². The molecule has 1 aliphatic heterocycles. The molecule has 1 saturated carbocycles. The van der Waals surface area contributed by atoms with E-state index >= 15 is 0 Å². The molecule has 1 N–H and O–H groups in total. The molecule has 0 aromatic carbocycles. The molecule has 0 bridgehead atoms. The standard InChI is InChI=1S/C12H19N3/c1-2-3-9-6-12(9)15-8-14-10-7-13-5-4-11(10)15/h8-9,12-13H,2-7H2,1H3. The Hall–Kier alpha value is -0.830. The van der Waals surface area contributed by atoms with Crippen molar-refractivity contribution in [3.8, 4) is 0 Å². The van der Waals surface area contributed by atoms with E-state index in [1.54, 1.807) is 0 Å². The van der Waals surface area contributed by atoms with E-state index in [0.29, 0.717) is 0 Å². The van der Waals surface area contributed by atoms with Gasteiger partial charge >= 0.3 is 0 Å². The van der Waals surface area contributed by atoms with Crippen molar-refractivity contribution >= 4 is 0 Å². The summed E-state index contributed by atoms with van der Waals surface area (Å²) in [6.45, 7) is 4.36. The van der Waals surface area contributed by atoms with E-state index in [0.717, 1.165) is 31.5 Å². The Morgan fingerprint density at radius 1 is 1.60 bits per heavy atom. The summed E-state index contributed by atoms with van der Waals surface area (Å²) in [6, 6.07) is 0.777. The van der Waals surface area contributed by atoms with Crippen LogP contribution in [0, 0.1) is 5.92 Å². The van der Waals surface area contributed by atoms with Crippen molar-refractivity contribution in [2.24, 2.45) is 5.92 Å². The van der Waals surface area contributed by atoms with Gasteiger partial charge in [0.25, 0.3) is 0 Å². The maximum absolute atomic E-state index is 4.51. The number of imidazole rings is 1. The number of hydrogen-bond acceptors (Lipinski definition) is 2. The summed E-state index contributed by atoms with van der Waals surface area (Å²) in [7, 11) is 0. The molecule has 3 heteroatoms. The summed E-state index contributed by atoms with van der Waals surface area (Å²) in [4.78, 5) is 4.51. The lowest BCUT2D eigenvalue weighted by Gasteiger charge is -2.15. The third kappa shape index (κ3) is 1.59. The van der Waals surface area contributed by atoms with E-state index in [2.05, 4.69) is 28.1 Å².